The lowest BCUT2D eigenvalue weighted by Gasteiger charge is -2.15. The van der Waals surface area contributed by atoms with Crippen molar-refractivity contribution in [3.63, 3.8) is 0 Å². The minimum Gasteiger partial charge on any atom is -0.366 e. The van der Waals surface area contributed by atoms with Gasteiger partial charge in [0.05, 0.1) is 6.04 Å². The largest absolute Gasteiger partial charge is 0.366 e. The van der Waals surface area contributed by atoms with E-state index >= 15 is 0 Å². The van der Waals surface area contributed by atoms with Gasteiger partial charge in [0.25, 0.3) is 0 Å². The minimum absolute atomic E-state index is 0.0752. The highest BCUT2D eigenvalue weighted by Crippen LogP contribution is 2.08. The monoisotopic (exact) mass is 261 g/mol. The quantitative estimate of drug-likeness (QED) is 0.739. The van der Waals surface area contributed by atoms with Crippen molar-refractivity contribution in [2.24, 2.45) is 5.73 Å². The lowest BCUT2D eigenvalue weighted by atomic mass is 10.1. The fraction of sp³-hybridized carbons (Fsp3) is 0.429. The molecule has 1 fully saturated rings. The molecule has 1 aliphatic heterocycles. The maximum Gasteiger partial charge on any atom is 0.248 e. The summed E-state index contributed by atoms with van der Waals surface area (Å²) in [5.74, 6) is -0.353. The van der Waals surface area contributed by atoms with Crippen molar-refractivity contribution >= 4 is 11.8 Å². The molecule has 2 rings (SSSR count). The van der Waals surface area contributed by atoms with Gasteiger partial charge in [0.15, 0.2) is 0 Å². The summed E-state index contributed by atoms with van der Waals surface area (Å²) in [6.07, 6.45) is 2.96. The lowest BCUT2D eigenvalue weighted by molar-refractivity contribution is -0.122. The van der Waals surface area contributed by atoms with Crippen molar-refractivity contribution in [1.82, 2.24) is 10.6 Å². The first-order valence-corrected chi connectivity index (χ1v) is 6.56. The summed E-state index contributed by atoms with van der Waals surface area (Å²) >= 11 is 0. The average molecular weight is 261 g/mol. The first kappa shape index (κ1) is 13.5. The zero-order valence-electron chi connectivity index (χ0n) is 10.8. The summed E-state index contributed by atoms with van der Waals surface area (Å²) in [4.78, 5) is 22.7. The maximum atomic E-state index is 11.7. The van der Waals surface area contributed by atoms with Gasteiger partial charge in [-0.2, -0.15) is 0 Å². The first-order valence-electron chi connectivity index (χ1n) is 6.56. The van der Waals surface area contributed by atoms with E-state index in [1.165, 1.54) is 0 Å². The van der Waals surface area contributed by atoms with Gasteiger partial charge in [-0.3, -0.25) is 9.59 Å². The highest BCUT2D eigenvalue weighted by atomic mass is 16.2. The van der Waals surface area contributed by atoms with Gasteiger partial charge in [-0.15, -0.1) is 0 Å². The Hall–Kier alpha value is -1.88. The Labute approximate surface area is 112 Å². The number of hydrogen-bond acceptors (Lipinski definition) is 3. The van der Waals surface area contributed by atoms with Crippen molar-refractivity contribution < 1.29 is 9.59 Å². The summed E-state index contributed by atoms with van der Waals surface area (Å²) < 4.78 is 0. The first-order chi connectivity index (χ1) is 9.16. The minimum atomic E-state index is -0.428. The number of nitrogens with one attached hydrogen (secondary N) is 2. The van der Waals surface area contributed by atoms with E-state index in [1.54, 1.807) is 12.1 Å². The van der Waals surface area contributed by atoms with E-state index in [2.05, 4.69) is 10.6 Å². The molecule has 19 heavy (non-hydrogen) atoms. The van der Waals surface area contributed by atoms with Crippen molar-refractivity contribution in [3.8, 4) is 0 Å². The van der Waals surface area contributed by atoms with Crippen LogP contribution in [0.15, 0.2) is 24.3 Å². The third-order valence-corrected chi connectivity index (χ3v) is 3.33. The van der Waals surface area contributed by atoms with Crippen LogP contribution in [0, 0.1) is 0 Å². The average Bonchev–Trinajstić information content (AvgIpc) is 2.61. The molecule has 0 radical (unpaired) electrons. The molecule has 1 aliphatic rings. The van der Waals surface area contributed by atoms with E-state index in [-0.39, 0.29) is 11.9 Å². The van der Waals surface area contributed by atoms with Gasteiger partial charge < -0.3 is 16.4 Å². The normalized spacial score (nSPS) is 19.6. The summed E-state index contributed by atoms with van der Waals surface area (Å²) in [5.41, 5.74) is 6.71. The van der Waals surface area contributed by atoms with Gasteiger partial charge in [-0.25, -0.2) is 0 Å². The third kappa shape index (κ3) is 3.79. The Kier molecular flexibility index (Phi) is 4.52. The standard InChI is InChI=1S/C14H19N3O2/c15-13(18)11-6-4-10(5-7-11)9-17-12-3-1-2-8-16-14(12)19/h4-7,12,17H,1-3,8-9H2,(H2,15,18)(H,16,19). The summed E-state index contributed by atoms with van der Waals surface area (Å²) in [6.45, 7) is 1.38. The summed E-state index contributed by atoms with van der Waals surface area (Å²) in [6, 6.07) is 6.97. The molecule has 1 atom stereocenters. The number of carbonyl (C=O) groups excluding carboxylic acids is 2. The predicted molar refractivity (Wildman–Crippen MR) is 72.4 cm³/mol. The highest BCUT2D eigenvalue weighted by molar-refractivity contribution is 5.92. The van der Waals surface area contributed by atoms with Crippen molar-refractivity contribution in [2.75, 3.05) is 6.54 Å². The van der Waals surface area contributed by atoms with Crippen LogP contribution < -0.4 is 16.4 Å². The van der Waals surface area contributed by atoms with Crippen LogP contribution in [0.1, 0.15) is 35.2 Å². The molecular weight excluding hydrogens is 242 g/mol. The van der Waals surface area contributed by atoms with Gasteiger partial charge in [0, 0.05) is 18.7 Å². The predicted octanol–water partition coefficient (Wildman–Crippen LogP) is 0.544. The SMILES string of the molecule is NC(=O)c1ccc(CNC2CCCCNC2=O)cc1. The Morgan fingerprint density at radius 2 is 2.05 bits per heavy atom. The zero-order chi connectivity index (χ0) is 13.7. The molecule has 4 N–H and O–H groups in total. The van der Waals surface area contributed by atoms with Crippen LogP contribution in [0.4, 0.5) is 0 Å². The Balaban J connectivity index is 1.90. The molecule has 1 saturated heterocycles. The molecule has 5 nitrogen and oxygen atoms in total. The molecule has 2 amide bonds. The number of benzene rings is 1. The van der Waals surface area contributed by atoms with Crippen LogP contribution in [-0.4, -0.2) is 24.4 Å². The number of rotatable bonds is 4. The molecule has 1 heterocycles. The van der Waals surface area contributed by atoms with Crippen molar-refractivity contribution in [1.29, 1.82) is 0 Å². The molecule has 5 heteroatoms. The van der Waals surface area contributed by atoms with Crippen molar-refractivity contribution in [2.45, 2.75) is 31.8 Å². The van der Waals surface area contributed by atoms with Gasteiger partial charge in [0.2, 0.25) is 11.8 Å². The van der Waals surface area contributed by atoms with E-state index < -0.39 is 5.91 Å². The van der Waals surface area contributed by atoms with E-state index in [1.807, 2.05) is 12.1 Å². The van der Waals surface area contributed by atoms with Crippen LogP contribution >= 0.6 is 0 Å². The number of carbonyl (C=O) groups is 2. The second-order valence-corrected chi connectivity index (χ2v) is 4.78. The maximum absolute atomic E-state index is 11.7. The summed E-state index contributed by atoms with van der Waals surface area (Å²) in [7, 11) is 0. The van der Waals surface area contributed by atoms with Crippen LogP contribution in [0.3, 0.4) is 0 Å². The number of primary amides is 1. The molecule has 0 aliphatic carbocycles. The smallest absolute Gasteiger partial charge is 0.248 e. The Morgan fingerprint density at radius 1 is 1.32 bits per heavy atom. The number of amides is 2. The van der Waals surface area contributed by atoms with Crippen LogP contribution in [0.25, 0.3) is 0 Å². The second kappa shape index (κ2) is 6.33. The molecule has 0 bridgehead atoms. The van der Waals surface area contributed by atoms with E-state index in [0.29, 0.717) is 12.1 Å². The molecular formula is C14H19N3O2. The Morgan fingerprint density at radius 3 is 2.74 bits per heavy atom. The molecule has 102 valence electrons. The van der Waals surface area contributed by atoms with Gasteiger partial charge in [-0.1, -0.05) is 12.1 Å². The van der Waals surface area contributed by atoms with Gasteiger partial charge in [-0.05, 0) is 37.0 Å². The lowest BCUT2D eigenvalue weighted by Crippen LogP contribution is -2.42. The van der Waals surface area contributed by atoms with E-state index in [0.717, 1.165) is 31.4 Å². The zero-order valence-corrected chi connectivity index (χ0v) is 10.8. The molecule has 1 unspecified atom stereocenters. The van der Waals surface area contributed by atoms with Crippen LogP contribution in [-0.2, 0) is 11.3 Å². The summed E-state index contributed by atoms with van der Waals surface area (Å²) in [5, 5.41) is 6.14. The van der Waals surface area contributed by atoms with Gasteiger partial charge >= 0.3 is 0 Å². The highest BCUT2D eigenvalue weighted by Gasteiger charge is 2.19. The number of nitrogens with two attached hydrogens (primary N) is 1. The van der Waals surface area contributed by atoms with Crippen LogP contribution in [0.5, 0.6) is 0 Å². The topological polar surface area (TPSA) is 84.2 Å². The third-order valence-electron chi connectivity index (χ3n) is 3.33. The Bertz CT molecular complexity index is 456. The molecule has 0 spiro atoms. The molecule has 0 aromatic heterocycles. The van der Waals surface area contributed by atoms with Gasteiger partial charge in [0.1, 0.15) is 0 Å². The van der Waals surface area contributed by atoms with E-state index in [4.69, 9.17) is 5.73 Å². The van der Waals surface area contributed by atoms with E-state index in [9.17, 15) is 9.59 Å². The molecule has 0 saturated carbocycles. The molecule has 1 aromatic rings. The number of hydrogen-bond donors (Lipinski definition) is 3. The van der Waals surface area contributed by atoms with Crippen LogP contribution in [0.2, 0.25) is 0 Å². The van der Waals surface area contributed by atoms with Crippen molar-refractivity contribution in [3.05, 3.63) is 35.4 Å². The fourth-order valence-corrected chi connectivity index (χ4v) is 2.16. The fourth-order valence-electron chi connectivity index (χ4n) is 2.16. The second-order valence-electron chi connectivity index (χ2n) is 4.78. The molecule has 1 aromatic carbocycles.